The highest BCUT2D eigenvalue weighted by molar-refractivity contribution is 6.34. The van der Waals surface area contributed by atoms with Gasteiger partial charge in [-0.25, -0.2) is 0 Å². The number of nitrogen functional groups attached to an aromatic ring is 1. The van der Waals surface area contributed by atoms with Crippen LogP contribution in [0.1, 0.15) is 5.69 Å². The molecule has 0 atom stereocenters. The summed E-state index contributed by atoms with van der Waals surface area (Å²) in [6.45, 7) is 1.97. The molecule has 1 aromatic heterocycles. The zero-order valence-electron chi connectivity index (χ0n) is 7.50. The quantitative estimate of drug-likeness (QED) is 0.655. The molecule has 0 amide bonds. The van der Waals surface area contributed by atoms with Gasteiger partial charge in [0.2, 0.25) is 0 Å². The standard InChI is InChI=1S/C9H10ClN3/c1-5-8-7(12-13(5)2)4-3-6(10)9(8)11/h3-4H,11H2,1-2H3. The predicted octanol–water partition coefficient (Wildman–Crippen LogP) is 2.12. The Morgan fingerprint density at radius 2 is 2.15 bits per heavy atom. The lowest BCUT2D eigenvalue weighted by Gasteiger charge is -1.99. The number of benzene rings is 1. The maximum absolute atomic E-state index is 5.91. The molecule has 0 unspecified atom stereocenters. The third-order valence-electron chi connectivity index (χ3n) is 2.28. The normalized spacial score (nSPS) is 11.0. The molecule has 0 fully saturated rings. The molecule has 68 valence electrons. The first-order valence-corrected chi connectivity index (χ1v) is 4.36. The summed E-state index contributed by atoms with van der Waals surface area (Å²) in [4.78, 5) is 0. The fourth-order valence-electron chi connectivity index (χ4n) is 1.44. The maximum atomic E-state index is 5.91. The largest absolute Gasteiger partial charge is 0.397 e. The monoisotopic (exact) mass is 195 g/mol. The van der Waals surface area contributed by atoms with Crippen molar-refractivity contribution in [2.45, 2.75) is 6.92 Å². The Kier molecular flexibility index (Phi) is 1.70. The van der Waals surface area contributed by atoms with Gasteiger partial charge in [-0.05, 0) is 19.1 Å². The van der Waals surface area contributed by atoms with Gasteiger partial charge in [-0.3, -0.25) is 4.68 Å². The minimum absolute atomic E-state index is 0.587. The topological polar surface area (TPSA) is 43.8 Å². The average molecular weight is 196 g/mol. The van der Waals surface area contributed by atoms with E-state index in [4.69, 9.17) is 17.3 Å². The molecule has 2 N–H and O–H groups in total. The van der Waals surface area contributed by atoms with Gasteiger partial charge in [0.15, 0.2) is 0 Å². The van der Waals surface area contributed by atoms with E-state index in [0.717, 1.165) is 16.6 Å². The van der Waals surface area contributed by atoms with Crippen LogP contribution in [0.25, 0.3) is 10.9 Å². The number of anilines is 1. The summed E-state index contributed by atoms with van der Waals surface area (Å²) in [6, 6.07) is 3.65. The summed E-state index contributed by atoms with van der Waals surface area (Å²) in [5, 5.41) is 5.83. The van der Waals surface area contributed by atoms with Crippen molar-refractivity contribution < 1.29 is 0 Å². The molecule has 2 rings (SSSR count). The SMILES string of the molecule is Cc1c2c(N)c(Cl)ccc2nn1C. The van der Waals surface area contributed by atoms with Gasteiger partial charge in [0.25, 0.3) is 0 Å². The lowest BCUT2D eigenvalue weighted by Crippen LogP contribution is -1.92. The summed E-state index contributed by atoms with van der Waals surface area (Å²) in [6.07, 6.45) is 0. The molecule has 13 heavy (non-hydrogen) atoms. The Labute approximate surface area is 81.1 Å². The van der Waals surface area contributed by atoms with Crippen LogP contribution in [0.2, 0.25) is 5.02 Å². The van der Waals surface area contributed by atoms with E-state index < -0.39 is 0 Å². The highest BCUT2D eigenvalue weighted by atomic mass is 35.5. The van der Waals surface area contributed by atoms with Crippen molar-refractivity contribution in [3.05, 3.63) is 22.8 Å². The second-order valence-electron chi connectivity index (χ2n) is 3.06. The second kappa shape index (κ2) is 2.64. The van der Waals surface area contributed by atoms with E-state index in [9.17, 15) is 0 Å². The van der Waals surface area contributed by atoms with Gasteiger partial charge < -0.3 is 5.73 Å². The fourth-order valence-corrected chi connectivity index (χ4v) is 1.60. The van der Waals surface area contributed by atoms with Crippen LogP contribution in [-0.2, 0) is 7.05 Å². The summed E-state index contributed by atoms with van der Waals surface area (Å²) in [5.41, 5.74) is 8.39. The van der Waals surface area contributed by atoms with E-state index >= 15 is 0 Å². The number of hydrogen-bond acceptors (Lipinski definition) is 2. The minimum atomic E-state index is 0.587. The zero-order valence-corrected chi connectivity index (χ0v) is 8.26. The van der Waals surface area contributed by atoms with E-state index in [1.165, 1.54) is 0 Å². The maximum Gasteiger partial charge on any atom is 0.0947 e. The van der Waals surface area contributed by atoms with E-state index in [-0.39, 0.29) is 0 Å². The number of nitrogens with zero attached hydrogens (tertiary/aromatic N) is 2. The smallest absolute Gasteiger partial charge is 0.0947 e. The first-order chi connectivity index (χ1) is 6.11. The number of fused-ring (bicyclic) bond motifs is 1. The molecule has 0 aliphatic rings. The van der Waals surface area contributed by atoms with E-state index in [2.05, 4.69) is 5.10 Å². The van der Waals surface area contributed by atoms with Crippen molar-refractivity contribution in [3.8, 4) is 0 Å². The molecular formula is C9H10ClN3. The minimum Gasteiger partial charge on any atom is -0.397 e. The average Bonchev–Trinajstić information content (AvgIpc) is 2.37. The number of aryl methyl sites for hydroxylation is 2. The molecule has 1 aromatic carbocycles. The summed E-state index contributed by atoms with van der Waals surface area (Å²) < 4.78 is 1.80. The molecule has 1 heterocycles. The molecule has 4 heteroatoms. The number of rotatable bonds is 0. The first-order valence-electron chi connectivity index (χ1n) is 3.98. The molecule has 3 nitrogen and oxygen atoms in total. The third-order valence-corrected chi connectivity index (χ3v) is 2.60. The summed E-state index contributed by atoms with van der Waals surface area (Å²) >= 11 is 5.91. The van der Waals surface area contributed by atoms with Crippen LogP contribution in [0.3, 0.4) is 0 Å². The lowest BCUT2D eigenvalue weighted by molar-refractivity contribution is 0.751. The number of hydrogen-bond donors (Lipinski definition) is 1. The first kappa shape index (κ1) is 8.38. The Hall–Kier alpha value is -1.22. The fraction of sp³-hybridized carbons (Fsp3) is 0.222. The van der Waals surface area contributed by atoms with Gasteiger partial charge in [0.05, 0.1) is 16.2 Å². The second-order valence-corrected chi connectivity index (χ2v) is 3.47. The summed E-state index contributed by atoms with van der Waals surface area (Å²) in [7, 11) is 1.89. The van der Waals surface area contributed by atoms with Crippen molar-refractivity contribution in [1.29, 1.82) is 0 Å². The van der Waals surface area contributed by atoms with Crippen LogP contribution >= 0.6 is 11.6 Å². The van der Waals surface area contributed by atoms with Crippen LogP contribution in [0.4, 0.5) is 5.69 Å². The number of nitrogens with two attached hydrogens (primary N) is 1. The molecule has 0 radical (unpaired) electrons. The Morgan fingerprint density at radius 1 is 1.46 bits per heavy atom. The molecular weight excluding hydrogens is 186 g/mol. The van der Waals surface area contributed by atoms with Crippen molar-refractivity contribution in [2.24, 2.45) is 7.05 Å². The van der Waals surface area contributed by atoms with E-state index in [0.29, 0.717) is 10.7 Å². The van der Waals surface area contributed by atoms with E-state index in [1.54, 1.807) is 10.7 Å². The van der Waals surface area contributed by atoms with Gasteiger partial charge in [-0.15, -0.1) is 0 Å². The zero-order chi connectivity index (χ0) is 9.59. The Balaban J connectivity index is 2.97. The lowest BCUT2D eigenvalue weighted by atomic mass is 10.2. The van der Waals surface area contributed by atoms with Gasteiger partial charge in [-0.2, -0.15) is 5.10 Å². The van der Waals surface area contributed by atoms with Crippen LogP contribution in [-0.4, -0.2) is 9.78 Å². The van der Waals surface area contributed by atoms with Gasteiger partial charge in [0, 0.05) is 18.1 Å². The summed E-state index contributed by atoms with van der Waals surface area (Å²) in [5.74, 6) is 0. The molecule has 0 aliphatic carbocycles. The molecule has 0 bridgehead atoms. The van der Waals surface area contributed by atoms with Crippen LogP contribution in [0, 0.1) is 6.92 Å². The molecule has 0 aliphatic heterocycles. The van der Waals surface area contributed by atoms with Crippen molar-refractivity contribution in [1.82, 2.24) is 9.78 Å². The number of aromatic nitrogens is 2. The third kappa shape index (κ3) is 1.08. The molecule has 0 saturated heterocycles. The Bertz CT molecular complexity index is 473. The van der Waals surface area contributed by atoms with Crippen molar-refractivity contribution in [3.63, 3.8) is 0 Å². The van der Waals surface area contributed by atoms with E-state index in [1.807, 2.05) is 20.0 Å². The molecule has 0 spiro atoms. The predicted molar refractivity (Wildman–Crippen MR) is 54.9 cm³/mol. The van der Waals surface area contributed by atoms with Gasteiger partial charge in [0.1, 0.15) is 0 Å². The van der Waals surface area contributed by atoms with Crippen LogP contribution in [0.5, 0.6) is 0 Å². The highest BCUT2D eigenvalue weighted by Gasteiger charge is 2.09. The van der Waals surface area contributed by atoms with Crippen LogP contribution in [0.15, 0.2) is 12.1 Å². The highest BCUT2D eigenvalue weighted by Crippen LogP contribution is 2.29. The molecule has 2 aromatic rings. The van der Waals surface area contributed by atoms with Crippen LogP contribution < -0.4 is 5.73 Å². The van der Waals surface area contributed by atoms with Gasteiger partial charge >= 0.3 is 0 Å². The molecule has 0 saturated carbocycles. The van der Waals surface area contributed by atoms with Gasteiger partial charge in [-0.1, -0.05) is 11.6 Å². The van der Waals surface area contributed by atoms with Crippen molar-refractivity contribution in [2.75, 3.05) is 5.73 Å². The Morgan fingerprint density at radius 3 is 2.85 bits per heavy atom. The van der Waals surface area contributed by atoms with Crippen molar-refractivity contribution >= 4 is 28.2 Å². The number of halogens is 1.